The van der Waals surface area contributed by atoms with Crippen molar-refractivity contribution in [3.05, 3.63) is 59.4 Å². The lowest BCUT2D eigenvalue weighted by molar-refractivity contribution is -0.0328. The van der Waals surface area contributed by atoms with Crippen LogP contribution in [0.2, 0.25) is 0 Å². The second-order valence-electron chi connectivity index (χ2n) is 6.34. The summed E-state index contributed by atoms with van der Waals surface area (Å²) in [5, 5.41) is 0. The summed E-state index contributed by atoms with van der Waals surface area (Å²) < 4.78 is 79.8. The number of hydrogen-bond acceptors (Lipinski definition) is 4. The number of hydrogen-bond donors (Lipinski definition) is 0. The van der Waals surface area contributed by atoms with Crippen molar-refractivity contribution in [3.8, 4) is 0 Å². The molecule has 0 saturated carbocycles. The van der Waals surface area contributed by atoms with Gasteiger partial charge in [0.1, 0.15) is 23.0 Å². The molecule has 12 heteroatoms. The third-order valence-corrected chi connectivity index (χ3v) is 4.81. The zero-order valence-electron chi connectivity index (χ0n) is 15.2. The van der Waals surface area contributed by atoms with Crippen molar-refractivity contribution in [1.82, 2.24) is 9.80 Å². The van der Waals surface area contributed by atoms with Crippen molar-refractivity contribution in [1.29, 1.82) is 0 Å². The summed E-state index contributed by atoms with van der Waals surface area (Å²) >= 11 is -0.524. The highest BCUT2D eigenvalue weighted by Gasteiger charge is 2.37. The normalized spacial score (nSPS) is 15.6. The second-order valence-corrected chi connectivity index (χ2v) is 7.48. The Morgan fingerprint density at radius 3 is 2.20 bits per heavy atom. The monoisotopic (exact) mass is 449 g/mol. The molecule has 1 saturated heterocycles. The van der Waals surface area contributed by atoms with Gasteiger partial charge in [0.15, 0.2) is 0 Å². The van der Waals surface area contributed by atoms with Gasteiger partial charge in [0.05, 0.1) is 19.0 Å². The van der Waals surface area contributed by atoms with E-state index in [1.165, 1.54) is 11.9 Å². The highest BCUT2D eigenvalue weighted by molar-refractivity contribution is 8.00. The minimum Gasteiger partial charge on any atom is -0.277 e. The molecule has 0 N–H and O–H groups in total. The third-order valence-electron chi connectivity index (χ3n) is 4.09. The Bertz CT molecular complexity index is 980. The average Bonchev–Trinajstić information content (AvgIpc) is 2.62. The van der Waals surface area contributed by atoms with Crippen LogP contribution in [0.3, 0.4) is 0 Å². The Hall–Kier alpha value is -2.73. The van der Waals surface area contributed by atoms with Crippen molar-refractivity contribution in [2.24, 2.45) is 0 Å². The number of carbonyl (C=O) groups excluding carboxylic acids is 2. The molecule has 30 heavy (non-hydrogen) atoms. The van der Waals surface area contributed by atoms with E-state index in [1.807, 2.05) is 0 Å². The molecule has 2 aromatic carbocycles. The highest BCUT2D eigenvalue weighted by atomic mass is 32.2. The molecule has 0 unspecified atom stereocenters. The first-order valence-corrected chi connectivity index (χ1v) is 9.11. The number of alkyl halides is 3. The summed E-state index contributed by atoms with van der Waals surface area (Å²) in [5.41, 5.74) is -5.95. The van der Waals surface area contributed by atoms with Crippen LogP contribution in [0.1, 0.15) is 10.4 Å². The lowest BCUT2D eigenvalue weighted by Gasteiger charge is -2.39. The van der Waals surface area contributed by atoms with Gasteiger partial charge >= 0.3 is 11.5 Å². The number of nitrogens with zero attached hydrogens (tertiary/aromatic N) is 3. The Morgan fingerprint density at radius 1 is 1.00 bits per heavy atom. The Labute approximate surface area is 170 Å². The van der Waals surface area contributed by atoms with E-state index < -0.39 is 57.1 Å². The van der Waals surface area contributed by atoms with Gasteiger partial charge in [-0.2, -0.15) is 13.2 Å². The number of benzene rings is 2. The van der Waals surface area contributed by atoms with E-state index in [2.05, 4.69) is 0 Å². The summed E-state index contributed by atoms with van der Waals surface area (Å²) in [7, 11) is 1.46. The van der Waals surface area contributed by atoms with Crippen LogP contribution in [-0.4, -0.2) is 47.6 Å². The van der Waals surface area contributed by atoms with E-state index in [1.54, 1.807) is 0 Å². The van der Waals surface area contributed by atoms with Crippen molar-refractivity contribution < 1.29 is 35.9 Å². The summed E-state index contributed by atoms with van der Waals surface area (Å²) in [5.74, 6) is -4.74. The van der Waals surface area contributed by atoms with Gasteiger partial charge in [0.25, 0.3) is 5.91 Å². The molecule has 1 aliphatic rings. The molecular weight excluding hydrogens is 436 g/mol. The highest BCUT2D eigenvalue weighted by Crippen LogP contribution is 2.38. The molecule has 0 bridgehead atoms. The minimum absolute atomic E-state index is 0.203. The number of halogens is 6. The number of urea groups is 1. The van der Waals surface area contributed by atoms with E-state index >= 15 is 0 Å². The van der Waals surface area contributed by atoms with Gasteiger partial charge in [-0.1, -0.05) is 6.07 Å². The molecule has 5 nitrogen and oxygen atoms in total. The SMILES string of the molecule is CN1CN(C(=O)c2c(F)cccc2F)C(=O)N(c2ccc(SC(F)(F)F)cc2F)C1. The van der Waals surface area contributed by atoms with E-state index in [0.717, 1.165) is 35.2 Å². The second kappa shape index (κ2) is 8.19. The molecule has 1 aliphatic heterocycles. The molecule has 0 aliphatic carbocycles. The zero-order chi connectivity index (χ0) is 22.2. The van der Waals surface area contributed by atoms with Crippen LogP contribution in [0, 0.1) is 17.5 Å². The molecule has 160 valence electrons. The van der Waals surface area contributed by atoms with Crippen LogP contribution >= 0.6 is 11.8 Å². The zero-order valence-corrected chi connectivity index (χ0v) is 16.0. The Kier molecular flexibility index (Phi) is 5.99. The first-order valence-electron chi connectivity index (χ1n) is 8.29. The predicted octanol–water partition coefficient (Wildman–Crippen LogP) is 4.65. The molecule has 3 rings (SSSR count). The fourth-order valence-corrected chi connectivity index (χ4v) is 3.43. The van der Waals surface area contributed by atoms with Gasteiger partial charge in [-0.25, -0.2) is 22.9 Å². The quantitative estimate of drug-likeness (QED) is 0.506. The van der Waals surface area contributed by atoms with E-state index in [0.29, 0.717) is 11.0 Å². The first-order chi connectivity index (χ1) is 14.0. The lowest BCUT2D eigenvalue weighted by atomic mass is 10.1. The Balaban J connectivity index is 1.92. The minimum atomic E-state index is -4.62. The lowest BCUT2D eigenvalue weighted by Crippen LogP contribution is -2.59. The largest absolute Gasteiger partial charge is 0.446 e. The van der Waals surface area contributed by atoms with Gasteiger partial charge in [-0.15, -0.1) is 0 Å². The fourth-order valence-electron chi connectivity index (χ4n) is 2.87. The maximum absolute atomic E-state index is 14.5. The molecule has 1 heterocycles. The van der Waals surface area contributed by atoms with Crippen LogP contribution < -0.4 is 4.90 Å². The van der Waals surface area contributed by atoms with Gasteiger partial charge in [0, 0.05) is 4.90 Å². The number of thioether (sulfide) groups is 1. The van der Waals surface area contributed by atoms with Crippen molar-refractivity contribution in [2.45, 2.75) is 10.4 Å². The van der Waals surface area contributed by atoms with Crippen molar-refractivity contribution in [3.63, 3.8) is 0 Å². The smallest absolute Gasteiger partial charge is 0.277 e. The molecule has 0 spiro atoms. The molecule has 2 aromatic rings. The summed E-state index contributed by atoms with van der Waals surface area (Å²) in [4.78, 5) is 27.7. The summed E-state index contributed by atoms with van der Waals surface area (Å²) in [6, 6.07) is 4.22. The van der Waals surface area contributed by atoms with Crippen LogP contribution in [0.5, 0.6) is 0 Å². The van der Waals surface area contributed by atoms with E-state index in [4.69, 9.17) is 0 Å². The standard InChI is InChI=1S/C18H13F6N3O2S/c1-25-8-26(14-6-5-10(7-13(14)21)30-18(22,23)24)17(29)27(9-25)16(28)15-11(19)3-2-4-12(15)20/h2-7H,8-9H2,1H3. The van der Waals surface area contributed by atoms with Crippen LogP contribution in [0.25, 0.3) is 0 Å². The molecule has 0 aromatic heterocycles. The molecule has 3 amide bonds. The van der Waals surface area contributed by atoms with E-state index in [-0.39, 0.29) is 19.0 Å². The van der Waals surface area contributed by atoms with Crippen LogP contribution in [0.15, 0.2) is 41.3 Å². The number of imide groups is 1. The number of rotatable bonds is 3. The number of anilines is 1. The maximum atomic E-state index is 14.5. The Morgan fingerprint density at radius 2 is 1.63 bits per heavy atom. The molecular formula is C18H13F6N3O2S. The first kappa shape index (κ1) is 22.0. The van der Waals surface area contributed by atoms with E-state index in [9.17, 15) is 35.9 Å². The van der Waals surface area contributed by atoms with Gasteiger partial charge in [-0.05, 0) is 49.1 Å². The maximum Gasteiger partial charge on any atom is 0.446 e. The molecule has 0 atom stereocenters. The van der Waals surface area contributed by atoms with Crippen molar-refractivity contribution in [2.75, 3.05) is 25.3 Å². The van der Waals surface area contributed by atoms with Crippen LogP contribution in [-0.2, 0) is 0 Å². The average molecular weight is 449 g/mol. The van der Waals surface area contributed by atoms with Gasteiger partial charge in [-0.3, -0.25) is 14.6 Å². The molecule has 0 radical (unpaired) electrons. The topological polar surface area (TPSA) is 43.9 Å². The molecule has 1 fully saturated rings. The summed E-state index contributed by atoms with van der Waals surface area (Å²) in [6.07, 6.45) is 0. The van der Waals surface area contributed by atoms with Crippen molar-refractivity contribution >= 4 is 29.4 Å². The predicted molar refractivity (Wildman–Crippen MR) is 96.2 cm³/mol. The third kappa shape index (κ3) is 4.54. The number of carbonyl (C=O) groups is 2. The number of amides is 3. The van der Waals surface area contributed by atoms with Gasteiger partial charge in [0.2, 0.25) is 0 Å². The summed E-state index contributed by atoms with van der Waals surface area (Å²) in [6.45, 7) is -0.531. The fraction of sp³-hybridized carbons (Fsp3) is 0.222. The van der Waals surface area contributed by atoms with Crippen LogP contribution in [0.4, 0.5) is 36.8 Å². The van der Waals surface area contributed by atoms with Gasteiger partial charge < -0.3 is 0 Å².